The standard InChI is InChI=1S/C25H42N4O5S/c1-5-33-23(34-6-2)17-29(19-10-7-18(8-11-19)9-12-22(30)32-4)25(31)27-24-26-20-13-15-28(3)16-14-21(20)35-24/h18-19,23H,5-17H2,1-4H3,(H,26,27,31). The van der Waals surface area contributed by atoms with Crippen molar-refractivity contribution in [1.29, 1.82) is 0 Å². The van der Waals surface area contributed by atoms with Crippen LogP contribution in [0.15, 0.2) is 0 Å². The number of amides is 2. The molecule has 1 aliphatic heterocycles. The van der Waals surface area contributed by atoms with Crippen LogP contribution in [-0.4, -0.2) is 86.1 Å². The lowest BCUT2D eigenvalue weighted by atomic mass is 9.83. The lowest BCUT2D eigenvalue weighted by molar-refractivity contribution is -0.146. The van der Waals surface area contributed by atoms with Crippen molar-refractivity contribution >= 4 is 28.5 Å². The molecule has 0 aromatic carbocycles. The first-order valence-corrected chi connectivity index (χ1v) is 13.8. The number of methoxy groups -OCH3 is 1. The van der Waals surface area contributed by atoms with Crippen LogP contribution in [-0.2, 0) is 31.8 Å². The Morgan fingerprint density at radius 1 is 1.14 bits per heavy atom. The number of aromatic nitrogens is 1. The van der Waals surface area contributed by atoms with E-state index in [2.05, 4.69) is 17.3 Å². The number of hydrogen-bond acceptors (Lipinski definition) is 8. The fourth-order valence-corrected chi connectivity index (χ4v) is 5.93. The van der Waals surface area contributed by atoms with E-state index >= 15 is 0 Å². The van der Waals surface area contributed by atoms with Gasteiger partial charge in [0, 0.05) is 50.1 Å². The van der Waals surface area contributed by atoms with E-state index in [-0.39, 0.29) is 18.0 Å². The van der Waals surface area contributed by atoms with E-state index in [0.29, 0.717) is 37.2 Å². The van der Waals surface area contributed by atoms with Crippen LogP contribution in [0, 0.1) is 5.92 Å². The van der Waals surface area contributed by atoms with Gasteiger partial charge in [0.05, 0.1) is 19.3 Å². The van der Waals surface area contributed by atoms with E-state index in [1.165, 1.54) is 12.0 Å². The maximum atomic E-state index is 13.5. The Morgan fingerprint density at radius 2 is 1.83 bits per heavy atom. The van der Waals surface area contributed by atoms with Gasteiger partial charge in [-0.3, -0.25) is 10.1 Å². The summed E-state index contributed by atoms with van der Waals surface area (Å²) in [6, 6.07) is -0.0485. The van der Waals surface area contributed by atoms with Gasteiger partial charge in [-0.25, -0.2) is 9.78 Å². The second kappa shape index (κ2) is 14.1. The molecule has 9 nitrogen and oxygen atoms in total. The van der Waals surface area contributed by atoms with Crippen LogP contribution in [0.1, 0.15) is 62.9 Å². The molecular formula is C25H42N4O5S. The zero-order valence-electron chi connectivity index (χ0n) is 21.7. The molecule has 1 aromatic heterocycles. The molecule has 3 rings (SSSR count). The maximum Gasteiger partial charge on any atom is 0.324 e. The van der Waals surface area contributed by atoms with Crippen LogP contribution in [0.3, 0.4) is 0 Å². The van der Waals surface area contributed by atoms with Crippen LogP contribution in [0.4, 0.5) is 9.93 Å². The van der Waals surface area contributed by atoms with Gasteiger partial charge in [-0.1, -0.05) is 0 Å². The molecule has 0 saturated heterocycles. The monoisotopic (exact) mass is 510 g/mol. The minimum atomic E-state index is -0.462. The lowest BCUT2D eigenvalue weighted by Crippen LogP contribution is -2.49. The molecule has 0 bridgehead atoms. The topological polar surface area (TPSA) is 93.2 Å². The molecule has 0 spiro atoms. The normalized spacial score (nSPS) is 20.8. The predicted octanol–water partition coefficient (Wildman–Crippen LogP) is 3.92. The number of anilines is 1. The number of rotatable bonds is 11. The summed E-state index contributed by atoms with van der Waals surface area (Å²) in [5, 5.41) is 3.76. The summed E-state index contributed by atoms with van der Waals surface area (Å²) in [7, 11) is 3.57. The first kappa shape index (κ1) is 27.8. The third kappa shape index (κ3) is 8.41. The molecule has 0 radical (unpaired) electrons. The SMILES string of the molecule is CCOC(CN(C(=O)Nc1nc2c(s1)CCN(C)CC2)C1CCC(CCC(=O)OC)CC1)OCC. The number of thiazole rings is 1. The average Bonchev–Trinajstić information content (AvgIpc) is 3.16. The van der Waals surface area contributed by atoms with Crippen LogP contribution >= 0.6 is 11.3 Å². The number of esters is 1. The number of nitrogens with one attached hydrogen (secondary N) is 1. The van der Waals surface area contributed by atoms with Gasteiger partial charge < -0.3 is 24.0 Å². The number of fused-ring (bicyclic) bond motifs is 1. The number of ether oxygens (including phenoxy) is 3. The molecule has 1 aromatic rings. The Labute approximate surface area is 213 Å². The van der Waals surface area contributed by atoms with Gasteiger partial charge >= 0.3 is 12.0 Å². The Morgan fingerprint density at radius 3 is 2.49 bits per heavy atom. The van der Waals surface area contributed by atoms with Crippen molar-refractivity contribution in [3.05, 3.63) is 10.6 Å². The summed E-state index contributed by atoms with van der Waals surface area (Å²) in [5.41, 5.74) is 1.11. The molecule has 2 aliphatic rings. The minimum absolute atomic E-state index is 0.0965. The van der Waals surface area contributed by atoms with E-state index < -0.39 is 6.29 Å². The Hall–Kier alpha value is -1.75. The zero-order valence-corrected chi connectivity index (χ0v) is 22.5. The van der Waals surface area contributed by atoms with Gasteiger partial charge in [0.1, 0.15) is 0 Å². The number of hydrogen-bond donors (Lipinski definition) is 1. The number of urea groups is 1. The molecule has 0 atom stereocenters. The molecule has 2 amide bonds. The fourth-order valence-electron chi connectivity index (χ4n) is 4.94. The van der Waals surface area contributed by atoms with Crippen molar-refractivity contribution in [3.63, 3.8) is 0 Å². The van der Waals surface area contributed by atoms with Crippen LogP contribution in [0.2, 0.25) is 0 Å². The van der Waals surface area contributed by atoms with E-state index in [1.807, 2.05) is 18.7 Å². The highest BCUT2D eigenvalue weighted by atomic mass is 32.1. The van der Waals surface area contributed by atoms with Gasteiger partial charge in [-0.15, -0.1) is 11.3 Å². The smallest absolute Gasteiger partial charge is 0.324 e. The van der Waals surface area contributed by atoms with Gasteiger partial charge in [-0.05, 0) is 65.3 Å². The Bertz CT molecular complexity index is 780. The van der Waals surface area contributed by atoms with Gasteiger partial charge in [0.25, 0.3) is 0 Å². The number of likely N-dealkylation sites (N-methyl/N-ethyl adjacent to an activating group) is 1. The van der Waals surface area contributed by atoms with Crippen LogP contribution in [0.25, 0.3) is 0 Å². The highest BCUT2D eigenvalue weighted by Gasteiger charge is 2.32. The highest BCUT2D eigenvalue weighted by Crippen LogP contribution is 2.32. The summed E-state index contributed by atoms with van der Waals surface area (Å²) in [5.74, 6) is 0.329. The highest BCUT2D eigenvalue weighted by molar-refractivity contribution is 7.15. The molecule has 35 heavy (non-hydrogen) atoms. The van der Waals surface area contributed by atoms with E-state index in [4.69, 9.17) is 19.2 Å². The summed E-state index contributed by atoms with van der Waals surface area (Å²) in [6.07, 6.45) is 6.47. The zero-order chi connectivity index (χ0) is 25.2. The Balaban J connectivity index is 1.66. The molecule has 10 heteroatoms. The van der Waals surface area contributed by atoms with Crippen molar-refractivity contribution in [3.8, 4) is 0 Å². The largest absolute Gasteiger partial charge is 0.469 e. The van der Waals surface area contributed by atoms with Gasteiger partial charge in [0.15, 0.2) is 11.4 Å². The maximum absolute atomic E-state index is 13.5. The third-order valence-corrected chi connectivity index (χ3v) is 8.07. The molecule has 198 valence electrons. The summed E-state index contributed by atoms with van der Waals surface area (Å²) in [6.45, 7) is 7.28. The number of carbonyl (C=O) groups excluding carboxylic acids is 2. The molecule has 1 aliphatic carbocycles. The van der Waals surface area contributed by atoms with Crippen LogP contribution < -0.4 is 5.32 Å². The molecule has 2 heterocycles. The summed E-state index contributed by atoms with van der Waals surface area (Å²) in [4.78, 5) is 35.3. The molecule has 0 unspecified atom stereocenters. The van der Waals surface area contributed by atoms with Crippen molar-refractivity contribution in [2.75, 3.05) is 52.3 Å². The average molecular weight is 511 g/mol. The van der Waals surface area contributed by atoms with Crippen molar-refractivity contribution in [1.82, 2.24) is 14.8 Å². The fraction of sp³-hybridized carbons (Fsp3) is 0.800. The van der Waals surface area contributed by atoms with E-state index in [9.17, 15) is 9.59 Å². The van der Waals surface area contributed by atoms with Crippen LogP contribution in [0.5, 0.6) is 0 Å². The molecule has 1 fully saturated rings. The second-order valence-corrected chi connectivity index (χ2v) is 10.5. The third-order valence-electron chi connectivity index (χ3n) is 7.00. The van der Waals surface area contributed by atoms with E-state index in [0.717, 1.165) is 63.7 Å². The quantitative estimate of drug-likeness (QED) is 0.356. The van der Waals surface area contributed by atoms with E-state index in [1.54, 1.807) is 11.3 Å². The van der Waals surface area contributed by atoms with Gasteiger partial charge in [-0.2, -0.15) is 0 Å². The second-order valence-electron chi connectivity index (χ2n) is 9.40. The van der Waals surface area contributed by atoms with Crippen molar-refractivity contribution in [2.24, 2.45) is 5.92 Å². The van der Waals surface area contributed by atoms with Gasteiger partial charge in [0.2, 0.25) is 0 Å². The van der Waals surface area contributed by atoms with Crippen molar-refractivity contribution < 1.29 is 23.8 Å². The number of carbonyl (C=O) groups is 2. The summed E-state index contributed by atoms with van der Waals surface area (Å²) < 4.78 is 16.3. The molecular weight excluding hydrogens is 468 g/mol. The molecule has 1 saturated carbocycles. The number of nitrogens with zero attached hydrogens (tertiary/aromatic N) is 3. The first-order valence-electron chi connectivity index (χ1n) is 13.0. The van der Waals surface area contributed by atoms with Crippen molar-refractivity contribution in [2.45, 2.75) is 77.5 Å². The predicted molar refractivity (Wildman–Crippen MR) is 137 cm³/mol. The minimum Gasteiger partial charge on any atom is -0.469 e. The Kier molecular flexibility index (Phi) is 11.2. The first-order chi connectivity index (χ1) is 16.9. The lowest BCUT2D eigenvalue weighted by Gasteiger charge is -2.38. The molecule has 1 N–H and O–H groups in total. The summed E-state index contributed by atoms with van der Waals surface area (Å²) >= 11 is 1.59.